The topological polar surface area (TPSA) is 133 Å². The summed E-state index contributed by atoms with van der Waals surface area (Å²) < 4.78 is 5.31. The van der Waals surface area contributed by atoms with Crippen LogP contribution in [0.25, 0.3) is 0 Å². The number of ether oxygens (including phenoxy) is 1. The van der Waals surface area contributed by atoms with Gasteiger partial charge in [-0.25, -0.2) is 0 Å². The number of aliphatic hydroxyl groups is 4. The van der Waals surface area contributed by atoms with E-state index in [2.05, 4.69) is 0 Å². The molecule has 6 N–H and O–H groups in total. The van der Waals surface area contributed by atoms with Gasteiger partial charge in [-0.1, -0.05) is 70.6 Å². The molecule has 0 radical (unpaired) electrons. The Kier molecular flexibility index (Phi) is 14.0. The Labute approximate surface area is 188 Å². The summed E-state index contributed by atoms with van der Waals surface area (Å²) in [6, 6.07) is -0.959. The van der Waals surface area contributed by atoms with Crippen molar-refractivity contribution >= 4 is 5.78 Å². The van der Waals surface area contributed by atoms with Crippen LogP contribution in [-0.2, 0) is 9.53 Å². The van der Waals surface area contributed by atoms with Gasteiger partial charge in [-0.05, 0) is 33.1 Å². The van der Waals surface area contributed by atoms with E-state index in [4.69, 9.17) is 10.5 Å². The van der Waals surface area contributed by atoms with Gasteiger partial charge in [-0.3, -0.25) is 0 Å². The summed E-state index contributed by atoms with van der Waals surface area (Å²) in [7, 11) is 0. The number of unbranched alkanes of at least 4 members (excludes halogenated alkanes) is 10. The zero-order valence-corrected chi connectivity index (χ0v) is 19.7. The van der Waals surface area contributed by atoms with Crippen molar-refractivity contribution in [2.24, 2.45) is 5.73 Å². The lowest BCUT2D eigenvalue weighted by atomic mass is 9.92. The molecule has 0 aromatic heterocycles. The van der Waals surface area contributed by atoms with Gasteiger partial charge in [-0.15, -0.1) is 0 Å². The summed E-state index contributed by atoms with van der Waals surface area (Å²) >= 11 is 0. The highest BCUT2D eigenvalue weighted by atomic mass is 16.6. The quantitative estimate of drug-likeness (QED) is 0.217. The SMILES string of the molecule is CC(=O)CCC(C)(O)CCCCCCCCCCCCCC1OC(O)C(N)C(O)C1O. The fourth-order valence-corrected chi connectivity index (χ4v) is 4.22. The lowest BCUT2D eigenvalue weighted by Gasteiger charge is -2.39. The van der Waals surface area contributed by atoms with Crippen LogP contribution in [-0.4, -0.2) is 62.5 Å². The van der Waals surface area contributed by atoms with Crippen molar-refractivity contribution < 1.29 is 30.0 Å². The maximum atomic E-state index is 11.0. The normalized spacial score (nSPS) is 28.4. The summed E-state index contributed by atoms with van der Waals surface area (Å²) in [5, 5.41) is 39.7. The molecule has 0 aliphatic carbocycles. The molecule has 7 nitrogen and oxygen atoms in total. The zero-order valence-electron chi connectivity index (χ0n) is 19.7. The van der Waals surface area contributed by atoms with E-state index < -0.39 is 36.2 Å². The summed E-state index contributed by atoms with van der Waals surface area (Å²) in [6.07, 6.45) is 11.1. The van der Waals surface area contributed by atoms with Crippen molar-refractivity contribution in [2.45, 2.75) is 146 Å². The second kappa shape index (κ2) is 15.3. The van der Waals surface area contributed by atoms with Gasteiger partial charge in [0.2, 0.25) is 0 Å². The Morgan fingerprint density at radius 2 is 1.32 bits per heavy atom. The van der Waals surface area contributed by atoms with Crippen LogP contribution >= 0.6 is 0 Å². The van der Waals surface area contributed by atoms with E-state index in [0.717, 1.165) is 38.5 Å². The molecule has 0 spiro atoms. The van der Waals surface area contributed by atoms with Crippen LogP contribution in [0.5, 0.6) is 0 Å². The van der Waals surface area contributed by atoms with Gasteiger partial charge in [-0.2, -0.15) is 0 Å². The summed E-state index contributed by atoms with van der Waals surface area (Å²) in [6.45, 7) is 3.41. The molecule has 1 saturated heterocycles. The van der Waals surface area contributed by atoms with E-state index in [1.165, 1.54) is 38.5 Å². The predicted molar refractivity (Wildman–Crippen MR) is 121 cm³/mol. The molecule has 1 rings (SSSR count). The van der Waals surface area contributed by atoms with E-state index in [-0.39, 0.29) is 5.78 Å². The van der Waals surface area contributed by atoms with Gasteiger partial charge in [0.25, 0.3) is 0 Å². The number of rotatable bonds is 17. The van der Waals surface area contributed by atoms with Crippen LogP contribution < -0.4 is 5.73 Å². The number of carbonyl (C=O) groups is 1. The molecule has 6 unspecified atom stereocenters. The molecular weight excluding hydrogens is 398 g/mol. The maximum absolute atomic E-state index is 11.0. The second-order valence-corrected chi connectivity index (χ2v) is 9.75. The fraction of sp³-hybridized carbons (Fsp3) is 0.958. The van der Waals surface area contributed by atoms with Gasteiger partial charge >= 0.3 is 0 Å². The average Bonchev–Trinajstić information content (AvgIpc) is 2.72. The largest absolute Gasteiger partial charge is 0.390 e. The van der Waals surface area contributed by atoms with Gasteiger partial charge in [0.05, 0.1) is 17.7 Å². The number of hydrogen-bond acceptors (Lipinski definition) is 7. The third kappa shape index (κ3) is 12.3. The van der Waals surface area contributed by atoms with E-state index in [1.807, 2.05) is 6.92 Å². The molecule has 1 heterocycles. The van der Waals surface area contributed by atoms with Crippen molar-refractivity contribution in [1.29, 1.82) is 0 Å². The highest BCUT2D eigenvalue weighted by Gasteiger charge is 2.41. The molecular formula is C24H47NO6. The molecule has 0 bridgehead atoms. The molecule has 1 aliphatic rings. The maximum Gasteiger partial charge on any atom is 0.172 e. The van der Waals surface area contributed by atoms with Crippen molar-refractivity contribution in [3.05, 3.63) is 0 Å². The van der Waals surface area contributed by atoms with Gasteiger partial charge in [0.15, 0.2) is 6.29 Å². The number of nitrogens with two attached hydrogens (primary N) is 1. The molecule has 184 valence electrons. The van der Waals surface area contributed by atoms with Crippen molar-refractivity contribution in [2.75, 3.05) is 0 Å². The monoisotopic (exact) mass is 445 g/mol. The number of ketones is 1. The van der Waals surface area contributed by atoms with E-state index in [1.54, 1.807) is 6.92 Å². The first-order valence-corrected chi connectivity index (χ1v) is 12.3. The summed E-state index contributed by atoms with van der Waals surface area (Å²) in [5.41, 5.74) is 4.87. The molecule has 0 aromatic carbocycles. The minimum atomic E-state index is -1.22. The number of aliphatic hydroxyl groups excluding tert-OH is 3. The third-order valence-electron chi connectivity index (χ3n) is 6.49. The Morgan fingerprint density at radius 1 is 0.839 bits per heavy atom. The minimum Gasteiger partial charge on any atom is -0.390 e. The van der Waals surface area contributed by atoms with Gasteiger partial charge in [0.1, 0.15) is 18.0 Å². The van der Waals surface area contributed by atoms with Crippen LogP contribution in [0.4, 0.5) is 0 Å². The van der Waals surface area contributed by atoms with Crippen molar-refractivity contribution in [1.82, 2.24) is 0 Å². The summed E-state index contributed by atoms with van der Waals surface area (Å²) in [4.78, 5) is 11.0. The third-order valence-corrected chi connectivity index (χ3v) is 6.49. The molecule has 1 aliphatic heterocycles. The fourth-order valence-electron chi connectivity index (χ4n) is 4.22. The Balaban J connectivity index is 1.90. The molecule has 31 heavy (non-hydrogen) atoms. The van der Waals surface area contributed by atoms with E-state index in [9.17, 15) is 25.2 Å². The second-order valence-electron chi connectivity index (χ2n) is 9.75. The first kappa shape index (κ1) is 28.5. The zero-order chi connectivity index (χ0) is 23.3. The molecule has 0 saturated carbocycles. The van der Waals surface area contributed by atoms with Crippen LogP contribution in [0, 0.1) is 0 Å². The molecule has 0 aromatic rings. The standard InChI is InChI=1S/C24H47NO6/c1-18(26)15-17-24(2,30)16-13-11-9-7-5-3-4-6-8-10-12-14-19-21(27)22(28)20(25)23(29)31-19/h19-23,27-30H,3-17,25H2,1-2H3. The molecule has 0 amide bonds. The number of hydrogen-bond donors (Lipinski definition) is 5. The first-order valence-electron chi connectivity index (χ1n) is 12.3. The van der Waals surface area contributed by atoms with E-state index >= 15 is 0 Å². The lowest BCUT2D eigenvalue weighted by Crippen LogP contribution is -2.60. The number of Topliss-reactive ketones (excluding diaryl/α,β-unsaturated/α-hetero) is 1. The Morgan fingerprint density at radius 3 is 1.84 bits per heavy atom. The first-order chi connectivity index (χ1) is 14.6. The Bertz CT molecular complexity index is 487. The minimum absolute atomic E-state index is 0.141. The van der Waals surface area contributed by atoms with Gasteiger partial charge in [0, 0.05) is 6.42 Å². The highest BCUT2D eigenvalue weighted by Crippen LogP contribution is 2.23. The molecule has 6 atom stereocenters. The summed E-state index contributed by atoms with van der Waals surface area (Å²) in [5.74, 6) is 0.141. The average molecular weight is 446 g/mol. The highest BCUT2D eigenvalue weighted by molar-refractivity contribution is 5.75. The van der Waals surface area contributed by atoms with Crippen LogP contribution in [0.3, 0.4) is 0 Å². The Hall–Kier alpha value is -0.570. The molecule has 1 fully saturated rings. The van der Waals surface area contributed by atoms with E-state index in [0.29, 0.717) is 19.3 Å². The van der Waals surface area contributed by atoms with Crippen LogP contribution in [0.15, 0.2) is 0 Å². The van der Waals surface area contributed by atoms with Crippen LogP contribution in [0.2, 0.25) is 0 Å². The van der Waals surface area contributed by atoms with Crippen LogP contribution in [0.1, 0.15) is 110 Å². The lowest BCUT2D eigenvalue weighted by molar-refractivity contribution is -0.243. The van der Waals surface area contributed by atoms with Gasteiger partial charge < -0.3 is 35.7 Å². The number of carbonyl (C=O) groups excluding carboxylic acids is 1. The smallest absolute Gasteiger partial charge is 0.172 e. The predicted octanol–water partition coefficient (Wildman–Crippen LogP) is 2.94. The van der Waals surface area contributed by atoms with Crippen molar-refractivity contribution in [3.63, 3.8) is 0 Å². The molecule has 7 heteroatoms. The van der Waals surface area contributed by atoms with Crippen molar-refractivity contribution in [3.8, 4) is 0 Å².